The van der Waals surface area contributed by atoms with Crippen molar-refractivity contribution in [1.29, 1.82) is 0 Å². The van der Waals surface area contributed by atoms with Gasteiger partial charge in [-0.25, -0.2) is 0 Å². The van der Waals surface area contributed by atoms with Gasteiger partial charge in [0.25, 0.3) is 0 Å². The van der Waals surface area contributed by atoms with E-state index in [1.807, 2.05) is 4.90 Å². The molecule has 0 aliphatic carbocycles. The lowest BCUT2D eigenvalue weighted by Crippen LogP contribution is -2.32. The third-order valence-corrected chi connectivity index (χ3v) is 4.32. The van der Waals surface area contributed by atoms with E-state index in [1.165, 1.54) is 38.5 Å². The van der Waals surface area contributed by atoms with Gasteiger partial charge in [0.15, 0.2) is 0 Å². The first-order valence-electron chi connectivity index (χ1n) is 8.18. The molecule has 1 rings (SSSR count). The van der Waals surface area contributed by atoms with Crippen LogP contribution in [-0.2, 0) is 4.79 Å². The van der Waals surface area contributed by atoms with Crippen molar-refractivity contribution in [3.05, 3.63) is 0 Å². The summed E-state index contributed by atoms with van der Waals surface area (Å²) in [4.78, 5) is 14.1. The summed E-state index contributed by atoms with van der Waals surface area (Å²) in [5.41, 5.74) is 5.90. The fraction of sp³-hybridized carbons (Fsp3) is 0.938. The van der Waals surface area contributed by atoms with Gasteiger partial charge in [-0.05, 0) is 25.7 Å². The minimum Gasteiger partial charge on any atom is -0.342 e. The number of carbonyl (C=O) groups excluding carboxylic acids is 1. The van der Waals surface area contributed by atoms with Crippen LogP contribution >= 0.6 is 0 Å². The molecule has 1 fully saturated rings. The number of nitrogens with two attached hydrogens (primary N) is 1. The molecule has 112 valence electrons. The number of rotatable bonds is 9. The van der Waals surface area contributed by atoms with E-state index in [-0.39, 0.29) is 6.04 Å². The summed E-state index contributed by atoms with van der Waals surface area (Å²) in [6.07, 6.45) is 10.7. The maximum Gasteiger partial charge on any atom is 0.222 e. The number of hydrogen-bond donors (Lipinski definition) is 1. The molecule has 0 spiro atoms. The molecular weight excluding hydrogens is 236 g/mol. The van der Waals surface area contributed by atoms with Crippen LogP contribution in [0.15, 0.2) is 0 Å². The van der Waals surface area contributed by atoms with Crippen LogP contribution in [0.3, 0.4) is 0 Å². The van der Waals surface area contributed by atoms with Gasteiger partial charge in [-0.15, -0.1) is 0 Å². The summed E-state index contributed by atoms with van der Waals surface area (Å²) in [7, 11) is 0. The summed E-state index contributed by atoms with van der Waals surface area (Å²) in [5, 5.41) is 0. The lowest BCUT2D eigenvalue weighted by molar-refractivity contribution is -0.130. The first-order chi connectivity index (χ1) is 9.15. The van der Waals surface area contributed by atoms with Gasteiger partial charge in [-0.1, -0.05) is 45.4 Å². The van der Waals surface area contributed by atoms with Crippen molar-refractivity contribution in [1.82, 2.24) is 4.90 Å². The molecule has 2 atom stereocenters. The van der Waals surface area contributed by atoms with Gasteiger partial charge >= 0.3 is 0 Å². The molecule has 0 aromatic carbocycles. The molecule has 1 aliphatic heterocycles. The van der Waals surface area contributed by atoms with Crippen LogP contribution in [0.1, 0.15) is 71.6 Å². The minimum atomic E-state index is 0.219. The molecule has 1 aliphatic rings. The van der Waals surface area contributed by atoms with Crippen LogP contribution in [0.5, 0.6) is 0 Å². The zero-order valence-electron chi connectivity index (χ0n) is 12.9. The number of unbranched alkanes of at least 4 members (excludes halogenated alkanes) is 6. The van der Waals surface area contributed by atoms with E-state index in [1.54, 1.807) is 0 Å². The van der Waals surface area contributed by atoms with Crippen LogP contribution in [0, 0.1) is 5.92 Å². The molecule has 19 heavy (non-hydrogen) atoms. The van der Waals surface area contributed by atoms with E-state index in [9.17, 15) is 4.79 Å². The molecule has 0 aromatic heterocycles. The largest absolute Gasteiger partial charge is 0.342 e. The molecular formula is C16H32N2O. The second-order valence-corrected chi connectivity index (χ2v) is 6.12. The fourth-order valence-corrected chi connectivity index (χ4v) is 2.83. The highest BCUT2D eigenvalue weighted by Crippen LogP contribution is 2.20. The SMILES string of the molecule is CCCCCCCCCC(=O)N1CCC(C(C)N)C1. The molecule has 2 N–H and O–H groups in total. The molecule has 1 amide bonds. The predicted molar refractivity (Wildman–Crippen MR) is 80.9 cm³/mol. The van der Waals surface area contributed by atoms with Crippen LogP contribution in [0.4, 0.5) is 0 Å². The highest BCUT2D eigenvalue weighted by atomic mass is 16.2. The number of amides is 1. The van der Waals surface area contributed by atoms with Crippen molar-refractivity contribution in [3.8, 4) is 0 Å². The average molecular weight is 268 g/mol. The first-order valence-corrected chi connectivity index (χ1v) is 8.18. The van der Waals surface area contributed by atoms with Gasteiger partial charge in [0.1, 0.15) is 0 Å². The molecule has 0 saturated carbocycles. The molecule has 0 bridgehead atoms. The number of hydrogen-bond acceptors (Lipinski definition) is 2. The molecule has 0 radical (unpaired) electrons. The van der Waals surface area contributed by atoms with E-state index in [2.05, 4.69) is 13.8 Å². The van der Waals surface area contributed by atoms with E-state index in [0.717, 1.165) is 32.4 Å². The van der Waals surface area contributed by atoms with Crippen molar-refractivity contribution in [2.24, 2.45) is 11.7 Å². The standard InChI is InChI=1S/C16H32N2O/c1-3-4-5-6-7-8-9-10-16(19)18-12-11-15(13-18)14(2)17/h14-15H,3-13,17H2,1-2H3. The average Bonchev–Trinajstić information content (AvgIpc) is 2.87. The number of carbonyl (C=O) groups is 1. The minimum absolute atomic E-state index is 0.219. The van der Waals surface area contributed by atoms with E-state index < -0.39 is 0 Å². The van der Waals surface area contributed by atoms with Gasteiger partial charge in [-0.3, -0.25) is 4.79 Å². The van der Waals surface area contributed by atoms with Crippen molar-refractivity contribution in [2.45, 2.75) is 77.7 Å². The quantitative estimate of drug-likeness (QED) is 0.652. The van der Waals surface area contributed by atoms with Crippen molar-refractivity contribution < 1.29 is 4.79 Å². The Kier molecular flexibility index (Phi) is 8.11. The van der Waals surface area contributed by atoms with Gasteiger partial charge in [0.2, 0.25) is 5.91 Å². The lowest BCUT2D eigenvalue weighted by atomic mass is 10.0. The monoisotopic (exact) mass is 268 g/mol. The summed E-state index contributed by atoms with van der Waals surface area (Å²) >= 11 is 0. The highest BCUT2D eigenvalue weighted by Gasteiger charge is 2.27. The maximum absolute atomic E-state index is 12.0. The summed E-state index contributed by atoms with van der Waals surface area (Å²) in [6, 6.07) is 0.219. The zero-order chi connectivity index (χ0) is 14.1. The zero-order valence-corrected chi connectivity index (χ0v) is 12.9. The Morgan fingerprint density at radius 2 is 1.84 bits per heavy atom. The Morgan fingerprint density at radius 3 is 2.42 bits per heavy atom. The van der Waals surface area contributed by atoms with Crippen molar-refractivity contribution in [3.63, 3.8) is 0 Å². The van der Waals surface area contributed by atoms with Crippen LogP contribution in [0.2, 0.25) is 0 Å². The fourth-order valence-electron chi connectivity index (χ4n) is 2.83. The van der Waals surface area contributed by atoms with E-state index in [0.29, 0.717) is 11.8 Å². The van der Waals surface area contributed by atoms with Gasteiger partial charge in [0.05, 0.1) is 0 Å². The lowest BCUT2D eigenvalue weighted by Gasteiger charge is -2.18. The number of nitrogens with zero attached hydrogens (tertiary/aromatic N) is 1. The Labute approximate surface area is 118 Å². The molecule has 1 saturated heterocycles. The third-order valence-electron chi connectivity index (χ3n) is 4.32. The Morgan fingerprint density at radius 1 is 1.21 bits per heavy atom. The summed E-state index contributed by atoms with van der Waals surface area (Å²) < 4.78 is 0. The summed E-state index contributed by atoms with van der Waals surface area (Å²) in [6.45, 7) is 6.09. The summed E-state index contributed by atoms with van der Waals surface area (Å²) in [5.74, 6) is 0.856. The Balaban J connectivity index is 2.02. The molecule has 0 aromatic rings. The predicted octanol–water partition coefficient (Wildman–Crippen LogP) is 3.32. The Bertz CT molecular complexity index is 253. The van der Waals surface area contributed by atoms with Crippen molar-refractivity contribution in [2.75, 3.05) is 13.1 Å². The van der Waals surface area contributed by atoms with E-state index in [4.69, 9.17) is 5.73 Å². The topological polar surface area (TPSA) is 46.3 Å². The van der Waals surface area contributed by atoms with Crippen LogP contribution in [-0.4, -0.2) is 29.9 Å². The molecule has 3 heteroatoms. The van der Waals surface area contributed by atoms with Crippen molar-refractivity contribution >= 4 is 5.91 Å². The van der Waals surface area contributed by atoms with Gasteiger partial charge < -0.3 is 10.6 Å². The maximum atomic E-state index is 12.0. The number of likely N-dealkylation sites (tertiary alicyclic amines) is 1. The second kappa shape index (κ2) is 9.35. The van der Waals surface area contributed by atoms with E-state index >= 15 is 0 Å². The Hall–Kier alpha value is -0.570. The molecule has 1 heterocycles. The van der Waals surface area contributed by atoms with Crippen LogP contribution < -0.4 is 5.73 Å². The second-order valence-electron chi connectivity index (χ2n) is 6.12. The third kappa shape index (κ3) is 6.42. The van der Waals surface area contributed by atoms with Gasteiger partial charge in [-0.2, -0.15) is 0 Å². The highest BCUT2D eigenvalue weighted by molar-refractivity contribution is 5.76. The normalized spacial score (nSPS) is 20.8. The molecule has 2 unspecified atom stereocenters. The first kappa shape index (κ1) is 16.5. The smallest absolute Gasteiger partial charge is 0.222 e. The molecule has 3 nitrogen and oxygen atoms in total. The van der Waals surface area contributed by atoms with Crippen LogP contribution in [0.25, 0.3) is 0 Å². The van der Waals surface area contributed by atoms with Gasteiger partial charge in [0, 0.05) is 25.6 Å².